The number of carbonyl (C=O) groups excluding carboxylic acids is 1. The van der Waals surface area contributed by atoms with Crippen LogP contribution in [0.4, 0.5) is 13.2 Å². The first-order valence-electron chi connectivity index (χ1n) is 6.71. The first kappa shape index (κ1) is 13.9. The first-order valence-corrected chi connectivity index (χ1v) is 6.71. The van der Waals surface area contributed by atoms with E-state index in [0.29, 0.717) is 22.9 Å². The zero-order valence-corrected chi connectivity index (χ0v) is 11.1. The van der Waals surface area contributed by atoms with E-state index >= 15 is 0 Å². The Morgan fingerprint density at radius 2 is 2.00 bits per heavy atom. The standard InChI is InChI=1S/C15H13F3N2O/c16-15(17,18)8-19-14(21)13-9-4-1-2-6-11(9)20-12-7-3-5-10(12)13/h1-2,4,6H,3,5,7-8H2,(H,19,21). The normalized spacial score (nSPS) is 14.2. The molecule has 0 bridgehead atoms. The fraction of sp³-hybridized carbons (Fsp3) is 0.333. The van der Waals surface area contributed by atoms with Crippen LogP contribution in [0.15, 0.2) is 24.3 Å². The summed E-state index contributed by atoms with van der Waals surface area (Å²) in [5, 5.41) is 2.58. The van der Waals surface area contributed by atoms with Crippen LogP contribution < -0.4 is 5.32 Å². The number of nitrogens with zero attached hydrogens (tertiary/aromatic N) is 1. The summed E-state index contributed by atoms with van der Waals surface area (Å²) in [6, 6.07) is 7.05. The number of nitrogens with one attached hydrogen (secondary N) is 1. The molecule has 1 amide bonds. The first-order chi connectivity index (χ1) is 9.96. The molecule has 1 aliphatic carbocycles. The van der Waals surface area contributed by atoms with Gasteiger partial charge < -0.3 is 5.32 Å². The molecule has 0 fully saturated rings. The summed E-state index contributed by atoms with van der Waals surface area (Å²) in [5.41, 5.74) is 2.60. The van der Waals surface area contributed by atoms with Crippen LogP contribution in [0.1, 0.15) is 28.0 Å². The van der Waals surface area contributed by atoms with E-state index < -0.39 is 18.6 Å². The summed E-state index contributed by atoms with van der Waals surface area (Å²) in [6.07, 6.45) is -2.10. The Kier molecular flexibility index (Phi) is 3.31. The summed E-state index contributed by atoms with van der Waals surface area (Å²) in [7, 11) is 0. The average molecular weight is 294 g/mol. The molecule has 6 heteroatoms. The molecule has 1 N–H and O–H groups in total. The SMILES string of the molecule is O=C(NCC(F)(F)F)c1c2c(nc3ccccc13)CCC2. The van der Waals surface area contributed by atoms with Crippen LogP contribution in [-0.4, -0.2) is 23.6 Å². The number of benzene rings is 1. The van der Waals surface area contributed by atoms with E-state index in [1.54, 1.807) is 24.3 Å². The van der Waals surface area contributed by atoms with Crippen molar-refractivity contribution in [3.05, 3.63) is 41.1 Å². The van der Waals surface area contributed by atoms with E-state index in [-0.39, 0.29) is 0 Å². The van der Waals surface area contributed by atoms with Crippen LogP contribution in [0, 0.1) is 0 Å². The number of fused-ring (bicyclic) bond motifs is 2. The maximum Gasteiger partial charge on any atom is 0.405 e. The van der Waals surface area contributed by atoms with Crippen molar-refractivity contribution in [2.45, 2.75) is 25.4 Å². The van der Waals surface area contributed by atoms with Gasteiger partial charge in [0.25, 0.3) is 5.91 Å². The predicted molar refractivity (Wildman–Crippen MR) is 72.2 cm³/mol. The van der Waals surface area contributed by atoms with E-state index in [0.717, 1.165) is 24.1 Å². The minimum absolute atomic E-state index is 0.345. The van der Waals surface area contributed by atoms with Gasteiger partial charge in [-0.3, -0.25) is 9.78 Å². The monoisotopic (exact) mass is 294 g/mol. The van der Waals surface area contributed by atoms with Gasteiger partial charge in [0.2, 0.25) is 0 Å². The van der Waals surface area contributed by atoms with Crippen molar-refractivity contribution in [2.24, 2.45) is 0 Å². The van der Waals surface area contributed by atoms with E-state index in [1.165, 1.54) is 0 Å². The molecule has 0 atom stereocenters. The number of amides is 1. The number of pyridine rings is 1. The van der Waals surface area contributed by atoms with Gasteiger partial charge in [0.05, 0.1) is 11.1 Å². The fourth-order valence-corrected chi connectivity index (χ4v) is 2.74. The summed E-state index contributed by atoms with van der Waals surface area (Å²) in [6.45, 7) is -1.32. The van der Waals surface area contributed by atoms with Crippen molar-refractivity contribution in [2.75, 3.05) is 6.54 Å². The summed E-state index contributed by atoms with van der Waals surface area (Å²) in [4.78, 5) is 16.7. The average Bonchev–Trinajstić information content (AvgIpc) is 2.89. The molecule has 0 saturated carbocycles. The zero-order chi connectivity index (χ0) is 15.0. The lowest BCUT2D eigenvalue weighted by molar-refractivity contribution is -0.123. The Morgan fingerprint density at radius 1 is 1.24 bits per heavy atom. The molecule has 3 rings (SSSR count). The van der Waals surface area contributed by atoms with Crippen LogP contribution in [0.2, 0.25) is 0 Å². The van der Waals surface area contributed by atoms with Crippen LogP contribution in [0.3, 0.4) is 0 Å². The highest BCUT2D eigenvalue weighted by Crippen LogP contribution is 2.30. The van der Waals surface area contributed by atoms with Gasteiger partial charge in [-0.1, -0.05) is 18.2 Å². The minimum atomic E-state index is -4.42. The van der Waals surface area contributed by atoms with Gasteiger partial charge in [0.1, 0.15) is 6.54 Å². The second kappa shape index (κ2) is 5.02. The van der Waals surface area contributed by atoms with E-state index in [9.17, 15) is 18.0 Å². The second-order valence-corrected chi connectivity index (χ2v) is 5.08. The molecule has 21 heavy (non-hydrogen) atoms. The van der Waals surface area contributed by atoms with Crippen LogP contribution in [-0.2, 0) is 12.8 Å². The molecule has 3 nitrogen and oxygen atoms in total. The number of rotatable bonds is 2. The van der Waals surface area contributed by atoms with Crippen molar-refractivity contribution >= 4 is 16.8 Å². The topological polar surface area (TPSA) is 42.0 Å². The molecule has 1 aromatic carbocycles. The lowest BCUT2D eigenvalue weighted by atomic mass is 10.0. The van der Waals surface area contributed by atoms with E-state index in [1.807, 2.05) is 5.32 Å². The zero-order valence-electron chi connectivity index (χ0n) is 11.1. The van der Waals surface area contributed by atoms with Crippen molar-refractivity contribution < 1.29 is 18.0 Å². The van der Waals surface area contributed by atoms with Gasteiger partial charge in [-0.15, -0.1) is 0 Å². The molecule has 110 valence electrons. The van der Waals surface area contributed by atoms with Gasteiger partial charge in [-0.2, -0.15) is 13.2 Å². The molecule has 1 aliphatic rings. The van der Waals surface area contributed by atoms with Crippen molar-refractivity contribution in [3.8, 4) is 0 Å². The fourth-order valence-electron chi connectivity index (χ4n) is 2.74. The van der Waals surface area contributed by atoms with Crippen LogP contribution in [0.25, 0.3) is 10.9 Å². The van der Waals surface area contributed by atoms with Crippen LogP contribution >= 0.6 is 0 Å². The van der Waals surface area contributed by atoms with Crippen molar-refractivity contribution in [1.29, 1.82) is 0 Å². The summed E-state index contributed by atoms with van der Waals surface area (Å²) >= 11 is 0. The lowest BCUT2D eigenvalue weighted by Crippen LogP contribution is -2.34. The van der Waals surface area contributed by atoms with Gasteiger partial charge in [0.15, 0.2) is 0 Å². The smallest absolute Gasteiger partial charge is 0.343 e. The van der Waals surface area contributed by atoms with Gasteiger partial charge >= 0.3 is 6.18 Å². The minimum Gasteiger partial charge on any atom is -0.343 e. The van der Waals surface area contributed by atoms with Crippen molar-refractivity contribution in [1.82, 2.24) is 10.3 Å². The Labute approximate surface area is 119 Å². The lowest BCUT2D eigenvalue weighted by Gasteiger charge is -2.13. The maximum atomic E-state index is 12.3. The third-order valence-corrected chi connectivity index (χ3v) is 3.60. The number of aryl methyl sites for hydroxylation is 1. The molecular weight excluding hydrogens is 281 g/mol. The number of hydrogen-bond acceptors (Lipinski definition) is 2. The summed E-state index contributed by atoms with van der Waals surface area (Å²) < 4.78 is 36.9. The highest BCUT2D eigenvalue weighted by molar-refractivity contribution is 6.07. The quantitative estimate of drug-likeness (QED) is 0.925. The Morgan fingerprint density at radius 3 is 2.76 bits per heavy atom. The highest BCUT2D eigenvalue weighted by Gasteiger charge is 2.30. The largest absolute Gasteiger partial charge is 0.405 e. The van der Waals surface area contributed by atoms with E-state index in [4.69, 9.17) is 0 Å². The number of hydrogen-bond donors (Lipinski definition) is 1. The molecule has 0 unspecified atom stereocenters. The number of para-hydroxylation sites is 1. The molecule has 1 heterocycles. The van der Waals surface area contributed by atoms with Crippen LogP contribution in [0.5, 0.6) is 0 Å². The number of halogens is 3. The molecule has 2 aromatic rings. The Hall–Kier alpha value is -2.11. The molecular formula is C15H13F3N2O. The van der Waals surface area contributed by atoms with E-state index in [2.05, 4.69) is 4.98 Å². The van der Waals surface area contributed by atoms with Crippen molar-refractivity contribution in [3.63, 3.8) is 0 Å². The molecule has 0 spiro atoms. The molecule has 0 saturated heterocycles. The Bertz CT molecular complexity index is 710. The molecule has 0 aliphatic heterocycles. The number of carbonyl (C=O) groups is 1. The third kappa shape index (κ3) is 2.70. The third-order valence-electron chi connectivity index (χ3n) is 3.60. The molecule has 1 aromatic heterocycles. The Balaban J connectivity index is 2.06. The second-order valence-electron chi connectivity index (χ2n) is 5.08. The number of alkyl halides is 3. The van der Waals surface area contributed by atoms with Gasteiger partial charge in [0, 0.05) is 11.1 Å². The maximum absolute atomic E-state index is 12.3. The predicted octanol–water partition coefficient (Wildman–Crippen LogP) is 3.02. The highest BCUT2D eigenvalue weighted by atomic mass is 19.4. The number of aromatic nitrogens is 1. The summed E-state index contributed by atoms with van der Waals surface area (Å²) in [5.74, 6) is -0.677. The van der Waals surface area contributed by atoms with Gasteiger partial charge in [-0.05, 0) is 30.9 Å². The van der Waals surface area contributed by atoms with Gasteiger partial charge in [-0.25, -0.2) is 0 Å². The molecule has 0 radical (unpaired) electrons.